The summed E-state index contributed by atoms with van der Waals surface area (Å²) < 4.78 is 13.9. The Hall–Kier alpha value is -2.96. The van der Waals surface area contributed by atoms with Crippen LogP contribution in [0.2, 0.25) is 0 Å². The van der Waals surface area contributed by atoms with Crippen LogP contribution in [0, 0.1) is 22.9 Å². The molecule has 1 aliphatic rings. The van der Waals surface area contributed by atoms with Crippen LogP contribution >= 0.6 is 0 Å². The summed E-state index contributed by atoms with van der Waals surface area (Å²) in [6.45, 7) is 3.35. The van der Waals surface area contributed by atoms with Crippen LogP contribution in [0.4, 0.5) is 10.1 Å². The van der Waals surface area contributed by atoms with Crippen LogP contribution in [-0.2, 0) is 23.3 Å². The zero-order chi connectivity index (χ0) is 18.2. The average molecular weight is 341 g/mol. The molecule has 0 bridgehead atoms. The Morgan fingerprint density at radius 2 is 1.76 bits per heavy atom. The molecule has 0 atom stereocenters. The van der Waals surface area contributed by atoms with Crippen LogP contribution < -0.4 is 0 Å². The number of carbonyl (C=O) groups is 1. The van der Waals surface area contributed by atoms with Crippen molar-refractivity contribution in [2.75, 3.05) is 0 Å². The van der Waals surface area contributed by atoms with E-state index in [1.165, 1.54) is 12.1 Å². The summed E-state index contributed by atoms with van der Waals surface area (Å²) >= 11 is 0. The molecule has 25 heavy (non-hydrogen) atoms. The summed E-state index contributed by atoms with van der Waals surface area (Å²) in [6, 6.07) is 9.23. The Bertz CT molecular complexity index is 902. The molecular formula is C18H16FN3O3. The number of rotatable bonds is 6. The number of nitro groups is 1. The molecule has 0 aliphatic carbocycles. The molecule has 0 spiro atoms. The fourth-order valence-corrected chi connectivity index (χ4v) is 2.71. The molecule has 0 saturated heterocycles. The SMILES string of the molecule is Cc1ccc(CC(=O)Cc2ccc(F)c(C3(C)N=N3)c2)cc1[N+](=O)[O-]. The monoisotopic (exact) mass is 341 g/mol. The first kappa shape index (κ1) is 16.9. The van der Waals surface area contributed by atoms with E-state index in [0.717, 1.165) is 0 Å². The van der Waals surface area contributed by atoms with Gasteiger partial charge < -0.3 is 0 Å². The number of Topliss-reactive ketones (excluding diaryl/α,β-unsaturated/α-hetero) is 1. The number of halogens is 1. The van der Waals surface area contributed by atoms with Gasteiger partial charge in [-0.3, -0.25) is 14.9 Å². The highest BCUT2D eigenvalue weighted by molar-refractivity contribution is 5.83. The molecule has 6 nitrogen and oxygen atoms in total. The van der Waals surface area contributed by atoms with E-state index in [1.807, 2.05) is 0 Å². The van der Waals surface area contributed by atoms with E-state index in [1.54, 1.807) is 38.1 Å². The summed E-state index contributed by atoms with van der Waals surface area (Å²) in [4.78, 5) is 22.8. The number of benzene rings is 2. The van der Waals surface area contributed by atoms with Crippen LogP contribution in [0.25, 0.3) is 0 Å². The van der Waals surface area contributed by atoms with Crippen molar-refractivity contribution >= 4 is 11.5 Å². The third kappa shape index (κ3) is 3.60. The highest BCUT2D eigenvalue weighted by atomic mass is 19.1. The van der Waals surface area contributed by atoms with E-state index < -0.39 is 16.4 Å². The number of carbonyl (C=O) groups excluding carboxylic acids is 1. The van der Waals surface area contributed by atoms with Crippen molar-refractivity contribution in [3.63, 3.8) is 0 Å². The van der Waals surface area contributed by atoms with Gasteiger partial charge in [-0.2, -0.15) is 10.2 Å². The average Bonchev–Trinajstić information content (AvgIpc) is 3.29. The van der Waals surface area contributed by atoms with Gasteiger partial charge in [0.15, 0.2) is 0 Å². The van der Waals surface area contributed by atoms with Gasteiger partial charge in [0.2, 0.25) is 5.66 Å². The normalized spacial score (nSPS) is 14.4. The summed E-state index contributed by atoms with van der Waals surface area (Å²) in [5, 5.41) is 18.6. The van der Waals surface area contributed by atoms with E-state index in [-0.39, 0.29) is 24.3 Å². The topological polar surface area (TPSA) is 84.9 Å². The molecule has 2 aromatic rings. The molecule has 0 aromatic heterocycles. The summed E-state index contributed by atoms with van der Waals surface area (Å²) in [7, 11) is 0. The number of ketones is 1. The maximum atomic E-state index is 13.9. The molecule has 128 valence electrons. The van der Waals surface area contributed by atoms with Gasteiger partial charge in [-0.05, 0) is 37.1 Å². The molecular weight excluding hydrogens is 325 g/mol. The lowest BCUT2D eigenvalue weighted by molar-refractivity contribution is -0.385. The third-order valence-corrected chi connectivity index (χ3v) is 4.21. The minimum atomic E-state index is -0.847. The number of nitro benzene ring substituents is 1. The first-order valence-electron chi connectivity index (χ1n) is 7.77. The van der Waals surface area contributed by atoms with E-state index in [4.69, 9.17) is 0 Å². The lowest BCUT2D eigenvalue weighted by Crippen LogP contribution is -2.10. The van der Waals surface area contributed by atoms with Crippen molar-refractivity contribution in [1.29, 1.82) is 0 Å². The zero-order valence-electron chi connectivity index (χ0n) is 13.8. The highest BCUT2D eigenvalue weighted by Gasteiger charge is 2.38. The standard InChI is InChI=1S/C18H16FN3O3/c1-11-3-4-13(10-17(11)22(24)25)8-14(23)7-12-5-6-16(19)15(9-12)18(2)20-21-18/h3-6,9-10H,7-8H2,1-2H3. The number of hydrogen-bond acceptors (Lipinski definition) is 5. The summed E-state index contributed by atoms with van der Waals surface area (Å²) in [5.74, 6) is -0.511. The molecule has 0 N–H and O–H groups in total. The zero-order valence-corrected chi connectivity index (χ0v) is 13.8. The van der Waals surface area contributed by atoms with Gasteiger partial charge in [0, 0.05) is 30.0 Å². The fraction of sp³-hybridized carbons (Fsp3) is 0.278. The number of nitrogens with zero attached hydrogens (tertiary/aromatic N) is 3. The lowest BCUT2D eigenvalue weighted by Gasteiger charge is -2.09. The van der Waals surface area contributed by atoms with Gasteiger partial charge >= 0.3 is 0 Å². The van der Waals surface area contributed by atoms with Crippen LogP contribution in [0.15, 0.2) is 46.6 Å². The molecule has 7 heteroatoms. The van der Waals surface area contributed by atoms with E-state index in [9.17, 15) is 19.3 Å². The van der Waals surface area contributed by atoms with Crippen LogP contribution in [0.3, 0.4) is 0 Å². The predicted octanol–water partition coefficient (Wildman–Crippen LogP) is 4.04. The van der Waals surface area contributed by atoms with Gasteiger partial charge in [0.1, 0.15) is 11.6 Å². The second-order valence-corrected chi connectivity index (χ2v) is 6.31. The molecule has 1 aliphatic heterocycles. The Labute approximate surface area is 143 Å². The maximum absolute atomic E-state index is 13.9. The van der Waals surface area contributed by atoms with Crippen LogP contribution in [0.1, 0.15) is 29.2 Å². The largest absolute Gasteiger partial charge is 0.299 e. The summed E-state index contributed by atoms with van der Waals surface area (Å²) in [6.07, 6.45) is 0.199. The van der Waals surface area contributed by atoms with Crippen molar-refractivity contribution in [1.82, 2.24) is 0 Å². The van der Waals surface area contributed by atoms with Crippen LogP contribution in [-0.4, -0.2) is 10.7 Å². The first-order chi connectivity index (χ1) is 11.8. The molecule has 2 aromatic carbocycles. The van der Waals surface area contributed by atoms with Crippen molar-refractivity contribution in [2.45, 2.75) is 32.4 Å². The highest BCUT2D eigenvalue weighted by Crippen LogP contribution is 2.40. The molecule has 0 unspecified atom stereocenters. The Morgan fingerprint density at radius 3 is 2.36 bits per heavy atom. The second-order valence-electron chi connectivity index (χ2n) is 6.31. The van der Waals surface area contributed by atoms with Gasteiger partial charge in [0.05, 0.1) is 4.92 Å². The van der Waals surface area contributed by atoms with E-state index in [2.05, 4.69) is 10.2 Å². The quantitative estimate of drug-likeness (QED) is 0.587. The maximum Gasteiger partial charge on any atom is 0.272 e. The smallest absolute Gasteiger partial charge is 0.272 e. The van der Waals surface area contributed by atoms with Gasteiger partial charge in [0.25, 0.3) is 5.69 Å². The lowest BCUT2D eigenvalue weighted by atomic mass is 9.97. The van der Waals surface area contributed by atoms with Crippen molar-refractivity contribution in [3.8, 4) is 0 Å². The third-order valence-electron chi connectivity index (χ3n) is 4.21. The predicted molar refractivity (Wildman–Crippen MR) is 88.9 cm³/mol. The summed E-state index contributed by atoms with van der Waals surface area (Å²) in [5.41, 5.74) is 1.31. The van der Waals surface area contributed by atoms with Gasteiger partial charge in [-0.15, -0.1) is 0 Å². The molecule has 0 amide bonds. The Balaban J connectivity index is 1.73. The Morgan fingerprint density at radius 1 is 1.16 bits per heavy atom. The minimum Gasteiger partial charge on any atom is -0.299 e. The molecule has 0 radical (unpaired) electrons. The Kier molecular flexibility index (Phi) is 4.16. The molecule has 0 saturated carbocycles. The van der Waals surface area contributed by atoms with E-state index >= 15 is 0 Å². The second kappa shape index (κ2) is 6.16. The number of hydrogen-bond donors (Lipinski definition) is 0. The van der Waals surface area contributed by atoms with Crippen LogP contribution in [0.5, 0.6) is 0 Å². The van der Waals surface area contributed by atoms with Gasteiger partial charge in [-0.1, -0.05) is 18.2 Å². The number of aryl methyl sites for hydroxylation is 1. The molecule has 3 rings (SSSR count). The van der Waals surface area contributed by atoms with Crippen molar-refractivity contribution < 1.29 is 14.1 Å². The fourth-order valence-electron chi connectivity index (χ4n) is 2.71. The molecule has 1 heterocycles. The first-order valence-corrected chi connectivity index (χ1v) is 7.77. The van der Waals surface area contributed by atoms with Crippen molar-refractivity contribution in [3.05, 3.63) is 74.6 Å². The van der Waals surface area contributed by atoms with Crippen molar-refractivity contribution in [2.24, 2.45) is 10.2 Å². The minimum absolute atomic E-state index is 0.000695. The van der Waals surface area contributed by atoms with Gasteiger partial charge in [-0.25, -0.2) is 4.39 Å². The molecule has 0 fully saturated rings. The van der Waals surface area contributed by atoms with E-state index in [0.29, 0.717) is 22.3 Å².